The van der Waals surface area contributed by atoms with Crippen LogP contribution in [0.2, 0.25) is 0 Å². The summed E-state index contributed by atoms with van der Waals surface area (Å²) in [6.45, 7) is 0. The van der Waals surface area contributed by atoms with Crippen molar-refractivity contribution in [2.75, 3.05) is 14.2 Å². The zero-order chi connectivity index (χ0) is 24.0. The van der Waals surface area contributed by atoms with Crippen molar-refractivity contribution in [2.24, 2.45) is 0 Å². The van der Waals surface area contributed by atoms with Gasteiger partial charge in [-0.05, 0) is 45.5 Å². The van der Waals surface area contributed by atoms with Gasteiger partial charge in [0.2, 0.25) is 0 Å². The maximum atomic E-state index is 9.71. The predicted molar refractivity (Wildman–Crippen MR) is 123 cm³/mol. The first-order chi connectivity index (χ1) is 16.6. The van der Waals surface area contributed by atoms with E-state index in [-0.39, 0.29) is 23.0 Å². The minimum Gasteiger partial charge on any atom is -0.493 e. The summed E-state index contributed by atoms with van der Waals surface area (Å²) in [6.07, 6.45) is 0. The highest BCUT2D eigenvalue weighted by atomic mass is 16.5. The van der Waals surface area contributed by atoms with Crippen molar-refractivity contribution in [3.8, 4) is 35.8 Å². The first kappa shape index (κ1) is 20.8. The van der Waals surface area contributed by atoms with Crippen LogP contribution in [0.3, 0.4) is 0 Å². The Morgan fingerprint density at radius 2 is 1.00 bits per heavy atom. The molecule has 6 heteroatoms. The third-order valence-electron chi connectivity index (χ3n) is 6.68. The minimum atomic E-state index is -0.309. The molecule has 0 saturated heterocycles. The van der Waals surface area contributed by atoms with Crippen molar-refractivity contribution >= 4 is 11.1 Å². The maximum Gasteiger partial charge on any atom is 0.161 e. The van der Waals surface area contributed by atoms with Crippen LogP contribution in [-0.2, 0) is 0 Å². The third-order valence-corrected chi connectivity index (χ3v) is 6.68. The standard InChI is InChI=1S/C28H16N4O2/c1-33-23-9-21-22(10-24(23)34-2)26-20-6-4-3-5-19(20)25(21)27-17(15(11-29)12-30)7-8-18(28(26)27)16(13-31)14-32/h3-10,25-26H,1-2H3/t25-,26+. The number of rotatable bonds is 2. The summed E-state index contributed by atoms with van der Waals surface area (Å²) in [7, 11) is 3.16. The van der Waals surface area contributed by atoms with Gasteiger partial charge >= 0.3 is 0 Å². The Kier molecular flexibility index (Phi) is 4.80. The molecule has 3 aliphatic carbocycles. The fourth-order valence-electron chi connectivity index (χ4n) is 5.39. The molecule has 0 N–H and O–H groups in total. The lowest BCUT2D eigenvalue weighted by atomic mass is 9.60. The Labute approximate surface area is 196 Å². The second-order valence-corrected chi connectivity index (χ2v) is 8.02. The van der Waals surface area contributed by atoms with Crippen molar-refractivity contribution in [2.45, 2.75) is 11.8 Å². The lowest BCUT2D eigenvalue weighted by Crippen LogP contribution is -2.38. The smallest absolute Gasteiger partial charge is 0.161 e. The SMILES string of the molecule is COc1cc2c(cc1OC)[C@@H]1c3ccccc3[C@H]2c2c1c(=C(C#N)C#N)ccc2=C(C#N)C#N. The summed E-state index contributed by atoms with van der Waals surface area (Å²) in [6, 6.07) is 23.3. The van der Waals surface area contributed by atoms with Gasteiger partial charge in [0.05, 0.1) is 14.2 Å². The van der Waals surface area contributed by atoms with Gasteiger partial charge in [-0.2, -0.15) is 21.0 Å². The van der Waals surface area contributed by atoms with E-state index in [1.807, 2.05) is 60.7 Å². The molecule has 34 heavy (non-hydrogen) atoms. The first-order valence-electron chi connectivity index (χ1n) is 10.5. The molecule has 0 unspecified atom stereocenters. The number of nitrogens with zero attached hydrogens (tertiary/aromatic N) is 4. The van der Waals surface area contributed by atoms with E-state index in [1.165, 1.54) is 0 Å². The number of hydrogen-bond acceptors (Lipinski definition) is 6. The number of ether oxygens (including phenoxy) is 2. The molecule has 0 saturated carbocycles. The summed E-state index contributed by atoms with van der Waals surface area (Å²) in [4.78, 5) is 0. The van der Waals surface area contributed by atoms with Crippen LogP contribution >= 0.6 is 0 Å². The van der Waals surface area contributed by atoms with Gasteiger partial charge in [-0.25, -0.2) is 0 Å². The second-order valence-electron chi connectivity index (χ2n) is 8.02. The first-order valence-corrected chi connectivity index (χ1v) is 10.5. The lowest BCUT2D eigenvalue weighted by Gasteiger charge is -2.43. The molecule has 6 rings (SSSR count). The summed E-state index contributed by atoms with van der Waals surface area (Å²) >= 11 is 0. The Morgan fingerprint density at radius 1 is 0.618 bits per heavy atom. The summed E-state index contributed by atoms with van der Waals surface area (Å²) in [5, 5.41) is 39.9. The molecule has 2 bridgehead atoms. The lowest BCUT2D eigenvalue weighted by molar-refractivity contribution is 0.353. The van der Waals surface area contributed by atoms with Crippen LogP contribution < -0.4 is 19.9 Å². The summed E-state index contributed by atoms with van der Waals surface area (Å²) in [5.41, 5.74) is 5.63. The van der Waals surface area contributed by atoms with Crippen LogP contribution in [0.5, 0.6) is 11.5 Å². The van der Waals surface area contributed by atoms with Crippen LogP contribution in [0.4, 0.5) is 0 Å². The van der Waals surface area contributed by atoms with Gasteiger partial charge < -0.3 is 9.47 Å². The highest BCUT2D eigenvalue weighted by Gasteiger charge is 2.43. The van der Waals surface area contributed by atoms with Gasteiger partial charge in [-0.3, -0.25) is 0 Å². The Bertz CT molecular complexity index is 1530. The Balaban J connectivity index is 2.06. The van der Waals surface area contributed by atoms with Crippen LogP contribution in [0.25, 0.3) is 11.1 Å². The van der Waals surface area contributed by atoms with Crippen molar-refractivity contribution in [1.29, 1.82) is 21.0 Å². The minimum absolute atomic E-state index is 0.00896. The normalized spacial score (nSPS) is 15.8. The van der Waals surface area contributed by atoms with Crippen LogP contribution in [0.15, 0.2) is 48.5 Å². The molecule has 0 heterocycles. The van der Waals surface area contributed by atoms with E-state index < -0.39 is 0 Å². The molecule has 0 spiro atoms. The fraction of sp³-hybridized carbons (Fsp3) is 0.143. The average Bonchev–Trinajstić information content (AvgIpc) is 2.89. The van der Waals surface area contributed by atoms with Crippen molar-refractivity contribution in [1.82, 2.24) is 0 Å². The van der Waals surface area contributed by atoms with Gasteiger partial charge in [-0.1, -0.05) is 36.4 Å². The summed E-state index contributed by atoms with van der Waals surface area (Å²) < 4.78 is 11.2. The monoisotopic (exact) mass is 440 g/mol. The number of methoxy groups -OCH3 is 2. The van der Waals surface area contributed by atoms with Crippen molar-refractivity contribution < 1.29 is 9.47 Å². The zero-order valence-electron chi connectivity index (χ0n) is 18.4. The quantitative estimate of drug-likeness (QED) is 0.417. The third kappa shape index (κ3) is 2.64. The molecular formula is C28H16N4O2. The van der Waals surface area contributed by atoms with Crippen LogP contribution in [0, 0.1) is 45.3 Å². The van der Waals surface area contributed by atoms with Crippen molar-refractivity contribution in [3.63, 3.8) is 0 Å². The van der Waals surface area contributed by atoms with Gasteiger partial charge in [0.1, 0.15) is 35.4 Å². The topological polar surface area (TPSA) is 114 Å². The molecule has 160 valence electrons. The van der Waals surface area contributed by atoms with Gasteiger partial charge in [0, 0.05) is 22.3 Å². The molecule has 3 aromatic rings. The highest BCUT2D eigenvalue weighted by Crippen LogP contribution is 2.55. The zero-order valence-corrected chi connectivity index (χ0v) is 18.4. The van der Waals surface area contributed by atoms with Gasteiger partial charge in [-0.15, -0.1) is 0 Å². The van der Waals surface area contributed by atoms with Crippen LogP contribution in [-0.4, -0.2) is 14.2 Å². The molecule has 0 radical (unpaired) electrons. The Hall–Kier alpha value is -5.04. The van der Waals surface area contributed by atoms with E-state index in [0.717, 1.165) is 33.4 Å². The van der Waals surface area contributed by atoms with E-state index in [0.29, 0.717) is 21.9 Å². The predicted octanol–water partition coefficient (Wildman–Crippen LogP) is 3.09. The van der Waals surface area contributed by atoms with Gasteiger partial charge in [0.15, 0.2) is 11.5 Å². The number of benzene rings is 3. The van der Waals surface area contributed by atoms with E-state index in [4.69, 9.17) is 9.47 Å². The number of hydrogen-bond donors (Lipinski definition) is 0. The molecule has 3 aliphatic rings. The van der Waals surface area contributed by atoms with E-state index >= 15 is 0 Å². The molecule has 0 aliphatic heterocycles. The van der Waals surface area contributed by atoms with Crippen LogP contribution in [0.1, 0.15) is 45.2 Å². The largest absolute Gasteiger partial charge is 0.493 e. The van der Waals surface area contributed by atoms with Crippen molar-refractivity contribution in [3.05, 3.63) is 92.3 Å². The molecule has 6 nitrogen and oxygen atoms in total. The maximum absolute atomic E-state index is 9.71. The molecule has 0 fully saturated rings. The molecule has 3 aromatic carbocycles. The fourth-order valence-corrected chi connectivity index (χ4v) is 5.39. The average molecular weight is 440 g/mol. The summed E-state index contributed by atoms with van der Waals surface area (Å²) in [5.74, 6) is 0.542. The molecule has 0 aromatic heterocycles. The molecule has 2 atom stereocenters. The highest BCUT2D eigenvalue weighted by molar-refractivity contribution is 5.80. The van der Waals surface area contributed by atoms with E-state index in [2.05, 4.69) is 0 Å². The number of nitriles is 4. The molecular weight excluding hydrogens is 424 g/mol. The molecule has 0 amide bonds. The van der Waals surface area contributed by atoms with E-state index in [9.17, 15) is 21.0 Å². The van der Waals surface area contributed by atoms with E-state index in [1.54, 1.807) is 26.4 Å². The Morgan fingerprint density at radius 3 is 1.32 bits per heavy atom. The van der Waals surface area contributed by atoms with Gasteiger partial charge in [0.25, 0.3) is 0 Å². The second kappa shape index (κ2) is 7.83.